The van der Waals surface area contributed by atoms with Crippen LogP contribution in [-0.4, -0.2) is 60.3 Å². The van der Waals surface area contributed by atoms with Gasteiger partial charge in [-0.3, -0.25) is 9.80 Å². The van der Waals surface area contributed by atoms with Gasteiger partial charge in [0.1, 0.15) is 18.5 Å². The quantitative estimate of drug-likeness (QED) is 0.694. The zero-order valence-corrected chi connectivity index (χ0v) is 18.5. The number of nitrogens with zero attached hydrogens (tertiary/aromatic N) is 2. The maximum Gasteiger partial charge on any atom is 0.122 e. The van der Waals surface area contributed by atoms with Crippen molar-refractivity contribution in [1.29, 1.82) is 0 Å². The molecule has 0 bridgehead atoms. The van der Waals surface area contributed by atoms with Crippen molar-refractivity contribution in [2.75, 3.05) is 39.3 Å². The van der Waals surface area contributed by atoms with E-state index >= 15 is 0 Å². The molecular weight excluding hydrogens is 419 g/mol. The predicted octanol–water partition coefficient (Wildman–Crippen LogP) is 4.05. The van der Waals surface area contributed by atoms with Crippen molar-refractivity contribution >= 4 is 36.4 Å². The lowest BCUT2D eigenvalue weighted by molar-refractivity contribution is 0.0445. The van der Waals surface area contributed by atoms with E-state index in [0.717, 1.165) is 44.0 Å². The van der Waals surface area contributed by atoms with Crippen LogP contribution in [-0.2, 0) is 6.54 Å². The minimum atomic E-state index is -0.495. The van der Waals surface area contributed by atoms with E-state index in [9.17, 15) is 5.11 Å². The van der Waals surface area contributed by atoms with Crippen LogP contribution in [0.4, 0.5) is 0 Å². The first-order valence-electron chi connectivity index (χ1n) is 9.16. The average molecular weight is 448 g/mol. The van der Waals surface area contributed by atoms with Gasteiger partial charge in [-0.2, -0.15) is 0 Å². The predicted molar refractivity (Wildman–Crippen MR) is 120 cm³/mol. The first-order valence-corrected chi connectivity index (χ1v) is 9.53. The summed E-state index contributed by atoms with van der Waals surface area (Å²) in [5, 5.41) is 11.0. The van der Waals surface area contributed by atoms with Crippen LogP contribution in [0.5, 0.6) is 5.75 Å². The summed E-state index contributed by atoms with van der Waals surface area (Å²) < 4.78 is 5.75. The third kappa shape index (κ3) is 7.78. The van der Waals surface area contributed by atoms with Gasteiger partial charge >= 0.3 is 0 Å². The molecule has 1 unspecified atom stereocenters. The molecule has 2 aromatic carbocycles. The van der Waals surface area contributed by atoms with E-state index in [2.05, 4.69) is 40.1 Å². The molecule has 1 N–H and O–H groups in total. The zero-order valence-electron chi connectivity index (χ0n) is 16.1. The summed E-state index contributed by atoms with van der Waals surface area (Å²) in [7, 11) is 0. The maximum absolute atomic E-state index is 10.3. The molecule has 2 aromatic rings. The van der Waals surface area contributed by atoms with Gasteiger partial charge in [0, 0.05) is 44.3 Å². The first-order chi connectivity index (χ1) is 12.6. The van der Waals surface area contributed by atoms with Crippen molar-refractivity contribution in [3.05, 3.63) is 64.7 Å². The summed E-state index contributed by atoms with van der Waals surface area (Å²) >= 11 is 5.96. The van der Waals surface area contributed by atoms with Crippen molar-refractivity contribution in [2.45, 2.75) is 19.6 Å². The van der Waals surface area contributed by atoms with E-state index < -0.39 is 6.10 Å². The van der Waals surface area contributed by atoms with Gasteiger partial charge in [0.15, 0.2) is 0 Å². The monoisotopic (exact) mass is 446 g/mol. The molecule has 3 rings (SSSR count). The number of ether oxygens (including phenoxy) is 1. The summed E-state index contributed by atoms with van der Waals surface area (Å²) in [6, 6.07) is 16.1. The number of hydrogen-bond acceptors (Lipinski definition) is 4. The molecule has 0 radical (unpaired) electrons. The van der Waals surface area contributed by atoms with E-state index in [-0.39, 0.29) is 24.8 Å². The summed E-state index contributed by atoms with van der Waals surface area (Å²) in [4.78, 5) is 4.77. The Bertz CT molecular complexity index is 695. The Morgan fingerprint density at radius 3 is 2.29 bits per heavy atom. The van der Waals surface area contributed by atoms with Gasteiger partial charge in [-0.05, 0) is 36.2 Å². The van der Waals surface area contributed by atoms with E-state index in [4.69, 9.17) is 16.3 Å². The molecule has 1 fully saturated rings. The van der Waals surface area contributed by atoms with Gasteiger partial charge in [0.2, 0.25) is 0 Å². The number of halogens is 3. The molecule has 0 saturated carbocycles. The second-order valence-corrected chi connectivity index (χ2v) is 7.37. The van der Waals surface area contributed by atoms with E-state index in [1.807, 2.05) is 25.1 Å². The van der Waals surface area contributed by atoms with Crippen molar-refractivity contribution in [2.24, 2.45) is 0 Å². The largest absolute Gasteiger partial charge is 0.491 e. The van der Waals surface area contributed by atoms with Crippen LogP contribution in [0, 0.1) is 6.92 Å². The fraction of sp³-hybridized carbons (Fsp3) is 0.429. The Labute approximate surface area is 185 Å². The summed E-state index contributed by atoms with van der Waals surface area (Å²) in [5.41, 5.74) is 2.34. The molecule has 7 heteroatoms. The van der Waals surface area contributed by atoms with Crippen LogP contribution < -0.4 is 4.74 Å². The Hall–Kier alpha value is -1.01. The molecule has 156 valence electrons. The third-order valence-electron chi connectivity index (χ3n) is 4.75. The standard InChI is InChI=1S/C21H27ClN2O2.2ClH/c1-17-13-19(22)7-8-21(17)26-16-20(25)15-24-11-9-23(10-12-24)14-18-5-3-2-4-6-18;;/h2-8,13,20,25H,9-12,14-16H2,1H3;2*1H. The van der Waals surface area contributed by atoms with E-state index in [1.165, 1.54) is 5.56 Å². The molecule has 1 aliphatic rings. The van der Waals surface area contributed by atoms with Crippen LogP contribution in [0.15, 0.2) is 48.5 Å². The molecule has 0 aliphatic carbocycles. The second-order valence-electron chi connectivity index (χ2n) is 6.94. The molecule has 1 atom stereocenters. The van der Waals surface area contributed by atoms with Gasteiger partial charge in [0.05, 0.1) is 0 Å². The Morgan fingerprint density at radius 1 is 1.00 bits per heavy atom. The van der Waals surface area contributed by atoms with Gasteiger partial charge in [-0.25, -0.2) is 0 Å². The van der Waals surface area contributed by atoms with Crippen molar-refractivity contribution in [3.63, 3.8) is 0 Å². The highest BCUT2D eigenvalue weighted by Crippen LogP contribution is 2.22. The Kier molecular flexibility index (Phi) is 11.2. The molecule has 1 saturated heterocycles. The number of hydrogen-bond donors (Lipinski definition) is 1. The van der Waals surface area contributed by atoms with Crippen LogP contribution in [0.1, 0.15) is 11.1 Å². The van der Waals surface area contributed by atoms with Crippen LogP contribution in [0.2, 0.25) is 5.02 Å². The second kappa shape index (κ2) is 12.5. The number of aliphatic hydroxyl groups excluding tert-OH is 1. The first kappa shape index (κ1) is 25.0. The minimum absolute atomic E-state index is 0. The Balaban J connectivity index is 0.00000196. The summed E-state index contributed by atoms with van der Waals surface area (Å²) in [6.45, 7) is 7.90. The smallest absolute Gasteiger partial charge is 0.122 e. The molecular formula is C21H29Cl3N2O2. The fourth-order valence-electron chi connectivity index (χ4n) is 3.28. The van der Waals surface area contributed by atoms with Crippen molar-refractivity contribution in [1.82, 2.24) is 9.80 Å². The van der Waals surface area contributed by atoms with Gasteiger partial charge in [0.25, 0.3) is 0 Å². The van der Waals surface area contributed by atoms with Crippen molar-refractivity contribution < 1.29 is 9.84 Å². The number of rotatable bonds is 7. The highest BCUT2D eigenvalue weighted by atomic mass is 35.5. The number of piperazine rings is 1. The SMILES string of the molecule is Cc1cc(Cl)ccc1OCC(O)CN1CCN(Cc2ccccc2)CC1.Cl.Cl. The van der Waals surface area contributed by atoms with Crippen LogP contribution >= 0.6 is 36.4 Å². The lowest BCUT2D eigenvalue weighted by Crippen LogP contribution is -2.48. The molecule has 4 nitrogen and oxygen atoms in total. The third-order valence-corrected chi connectivity index (χ3v) is 4.99. The number of aliphatic hydroxyl groups is 1. The van der Waals surface area contributed by atoms with E-state index in [0.29, 0.717) is 18.2 Å². The summed E-state index contributed by atoms with van der Waals surface area (Å²) in [5.74, 6) is 0.779. The molecule has 28 heavy (non-hydrogen) atoms. The average Bonchev–Trinajstić information content (AvgIpc) is 2.63. The number of benzene rings is 2. The lowest BCUT2D eigenvalue weighted by atomic mass is 10.2. The summed E-state index contributed by atoms with van der Waals surface area (Å²) in [6.07, 6.45) is -0.495. The molecule has 1 heterocycles. The zero-order chi connectivity index (χ0) is 18.4. The van der Waals surface area contributed by atoms with Crippen LogP contribution in [0.3, 0.4) is 0 Å². The number of β-amino-alcohol motifs (C(OH)–C–C–N with tert-alkyl or cyclic N) is 1. The minimum Gasteiger partial charge on any atom is -0.491 e. The van der Waals surface area contributed by atoms with E-state index in [1.54, 1.807) is 0 Å². The highest BCUT2D eigenvalue weighted by molar-refractivity contribution is 6.30. The molecule has 0 spiro atoms. The van der Waals surface area contributed by atoms with Crippen LogP contribution in [0.25, 0.3) is 0 Å². The fourth-order valence-corrected chi connectivity index (χ4v) is 3.51. The highest BCUT2D eigenvalue weighted by Gasteiger charge is 2.19. The lowest BCUT2D eigenvalue weighted by Gasteiger charge is -2.35. The Morgan fingerprint density at radius 2 is 1.64 bits per heavy atom. The number of aryl methyl sites for hydroxylation is 1. The normalized spacial score (nSPS) is 16.0. The topological polar surface area (TPSA) is 35.9 Å². The van der Waals surface area contributed by atoms with Gasteiger partial charge in [-0.1, -0.05) is 41.9 Å². The molecule has 0 amide bonds. The molecule has 1 aliphatic heterocycles. The van der Waals surface area contributed by atoms with Gasteiger partial charge < -0.3 is 9.84 Å². The molecule has 0 aromatic heterocycles. The van der Waals surface area contributed by atoms with Crippen molar-refractivity contribution in [3.8, 4) is 5.75 Å². The van der Waals surface area contributed by atoms with Gasteiger partial charge in [-0.15, -0.1) is 24.8 Å². The maximum atomic E-state index is 10.3.